The number of nitrogens with one attached hydrogen (secondary N) is 1. The zero-order valence-electron chi connectivity index (χ0n) is 19.3. The Hall–Kier alpha value is -3.35. The van der Waals surface area contributed by atoms with Gasteiger partial charge in [-0.05, 0) is 53.1 Å². The Labute approximate surface area is 222 Å². The van der Waals surface area contributed by atoms with Crippen LogP contribution in [0.25, 0.3) is 11.1 Å². The fraction of sp³-hybridized carbons (Fsp3) is 0.231. The lowest BCUT2D eigenvalue weighted by Gasteiger charge is -2.33. The van der Waals surface area contributed by atoms with E-state index in [1.807, 2.05) is 54.6 Å². The second-order valence-corrected chi connectivity index (χ2v) is 8.73. The highest BCUT2D eigenvalue weighted by atomic mass is 127. The van der Waals surface area contributed by atoms with Gasteiger partial charge in [0.05, 0.1) is 19.8 Å². The highest BCUT2D eigenvalue weighted by Crippen LogP contribution is 2.37. The van der Waals surface area contributed by atoms with Crippen molar-refractivity contribution in [2.75, 3.05) is 38.0 Å². The zero-order valence-corrected chi connectivity index (χ0v) is 21.5. The summed E-state index contributed by atoms with van der Waals surface area (Å²) in [6, 6.07) is 20.7. The monoisotopic (exact) mass is 601 g/mol. The molecule has 36 heavy (non-hydrogen) atoms. The van der Waals surface area contributed by atoms with E-state index in [2.05, 4.69) is 8.65 Å². The molecule has 0 bridgehead atoms. The molecular formula is C26H24IN3O6. The van der Waals surface area contributed by atoms with E-state index in [0.717, 1.165) is 28.1 Å². The van der Waals surface area contributed by atoms with Gasteiger partial charge in [0.15, 0.2) is 11.5 Å². The van der Waals surface area contributed by atoms with Gasteiger partial charge in [-0.15, -0.1) is 0 Å². The molecule has 9 nitrogen and oxygen atoms in total. The van der Waals surface area contributed by atoms with Gasteiger partial charge in [-0.25, -0.2) is 13.4 Å². The first-order valence-electron chi connectivity index (χ1n) is 11.4. The SMILES string of the molecule is O=C(NOI)c1ccc(CN(C(=O)N2CCOCC2)c2cccc(-c3ccc4c(c3)OCO4)c2)cc1. The zero-order chi connectivity index (χ0) is 24.9. The maximum atomic E-state index is 13.6. The Morgan fingerprint density at radius 1 is 0.944 bits per heavy atom. The molecule has 0 saturated carbocycles. The first kappa shape index (κ1) is 24.3. The molecule has 3 aromatic rings. The fourth-order valence-corrected chi connectivity index (χ4v) is 4.36. The van der Waals surface area contributed by atoms with Crippen LogP contribution >= 0.6 is 23.0 Å². The summed E-state index contributed by atoms with van der Waals surface area (Å²) in [4.78, 5) is 29.2. The van der Waals surface area contributed by atoms with Crippen LogP contribution in [0.15, 0.2) is 66.7 Å². The molecule has 5 rings (SSSR count). The first-order valence-corrected chi connectivity index (χ1v) is 12.3. The molecule has 186 valence electrons. The molecule has 0 spiro atoms. The van der Waals surface area contributed by atoms with Gasteiger partial charge in [0.1, 0.15) is 23.0 Å². The average molecular weight is 601 g/mol. The number of carbonyl (C=O) groups is 2. The molecule has 0 atom stereocenters. The van der Waals surface area contributed by atoms with Gasteiger partial charge in [0.25, 0.3) is 5.91 Å². The molecule has 2 heterocycles. The van der Waals surface area contributed by atoms with Gasteiger partial charge in [-0.2, -0.15) is 0 Å². The molecule has 0 aliphatic carbocycles. The van der Waals surface area contributed by atoms with Gasteiger partial charge < -0.3 is 19.1 Å². The van der Waals surface area contributed by atoms with Crippen LogP contribution in [0.3, 0.4) is 0 Å². The smallest absolute Gasteiger partial charge is 0.324 e. The molecule has 1 fully saturated rings. The van der Waals surface area contributed by atoms with Gasteiger partial charge in [-0.3, -0.25) is 9.69 Å². The molecule has 1 N–H and O–H groups in total. The van der Waals surface area contributed by atoms with Gasteiger partial charge in [-0.1, -0.05) is 30.3 Å². The summed E-state index contributed by atoms with van der Waals surface area (Å²) in [5.74, 6) is 1.09. The number of hydroxylamine groups is 1. The van der Waals surface area contributed by atoms with Crippen molar-refractivity contribution < 1.29 is 27.0 Å². The van der Waals surface area contributed by atoms with E-state index in [1.54, 1.807) is 44.9 Å². The van der Waals surface area contributed by atoms with E-state index in [-0.39, 0.29) is 18.7 Å². The number of halogens is 1. The van der Waals surface area contributed by atoms with Crippen LogP contribution in [0, 0.1) is 0 Å². The summed E-state index contributed by atoms with van der Waals surface area (Å²) < 4.78 is 21.1. The number of nitrogens with zero attached hydrogens (tertiary/aromatic N) is 2. The van der Waals surface area contributed by atoms with Crippen LogP contribution in [-0.4, -0.2) is 49.9 Å². The Bertz CT molecular complexity index is 1250. The summed E-state index contributed by atoms with van der Waals surface area (Å²) in [6.07, 6.45) is 0. The van der Waals surface area contributed by atoms with Crippen molar-refractivity contribution in [1.82, 2.24) is 10.4 Å². The van der Waals surface area contributed by atoms with Crippen molar-refractivity contribution in [3.63, 3.8) is 0 Å². The lowest BCUT2D eigenvalue weighted by Crippen LogP contribution is -2.48. The summed E-state index contributed by atoms with van der Waals surface area (Å²) >= 11 is 1.60. The highest BCUT2D eigenvalue weighted by molar-refractivity contribution is 14.1. The maximum Gasteiger partial charge on any atom is 0.324 e. The van der Waals surface area contributed by atoms with Crippen LogP contribution in [0.1, 0.15) is 15.9 Å². The third-order valence-electron chi connectivity index (χ3n) is 6.06. The number of rotatable bonds is 6. The predicted molar refractivity (Wildman–Crippen MR) is 141 cm³/mol. The molecule has 3 aromatic carbocycles. The van der Waals surface area contributed by atoms with E-state index in [1.165, 1.54) is 0 Å². The number of morpholine rings is 1. The highest BCUT2D eigenvalue weighted by Gasteiger charge is 2.25. The largest absolute Gasteiger partial charge is 0.454 e. The normalized spacial score (nSPS) is 14.4. The molecule has 0 aromatic heterocycles. The van der Waals surface area contributed by atoms with E-state index >= 15 is 0 Å². The Morgan fingerprint density at radius 2 is 1.69 bits per heavy atom. The number of hydrogen-bond acceptors (Lipinski definition) is 6. The lowest BCUT2D eigenvalue weighted by atomic mass is 10.0. The van der Waals surface area contributed by atoms with E-state index < -0.39 is 0 Å². The number of amides is 3. The van der Waals surface area contributed by atoms with Gasteiger partial charge in [0, 0.05) is 24.3 Å². The summed E-state index contributed by atoms with van der Waals surface area (Å²) in [6.45, 7) is 2.65. The topological polar surface area (TPSA) is 89.6 Å². The van der Waals surface area contributed by atoms with Crippen LogP contribution in [0.5, 0.6) is 11.5 Å². The Morgan fingerprint density at radius 3 is 2.47 bits per heavy atom. The number of fused-ring (bicyclic) bond motifs is 1. The van der Waals surface area contributed by atoms with Gasteiger partial charge in [0.2, 0.25) is 6.79 Å². The first-order chi connectivity index (χ1) is 17.6. The molecule has 2 aliphatic rings. The molecule has 2 aliphatic heterocycles. The maximum absolute atomic E-state index is 13.6. The van der Waals surface area contributed by atoms with Crippen molar-refractivity contribution in [3.8, 4) is 22.6 Å². The molecular weight excluding hydrogens is 577 g/mol. The van der Waals surface area contributed by atoms with E-state index in [0.29, 0.717) is 44.2 Å². The van der Waals surface area contributed by atoms with Crippen LogP contribution in [-0.2, 0) is 14.4 Å². The Balaban J connectivity index is 1.44. The van der Waals surface area contributed by atoms with Crippen molar-refractivity contribution in [2.24, 2.45) is 0 Å². The average Bonchev–Trinajstić information content (AvgIpc) is 3.40. The lowest BCUT2D eigenvalue weighted by molar-refractivity contribution is 0.0548. The molecule has 1 saturated heterocycles. The molecule has 3 amide bonds. The molecule has 10 heteroatoms. The van der Waals surface area contributed by atoms with E-state index in [4.69, 9.17) is 14.2 Å². The third-order valence-corrected chi connectivity index (χ3v) is 6.28. The third kappa shape index (κ3) is 5.40. The molecule has 0 unspecified atom stereocenters. The van der Waals surface area contributed by atoms with Crippen molar-refractivity contribution >= 4 is 40.6 Å². The number of hydrogen-bond donors (Lipinski definition) is 1. The second-order valence-electron chi connectivity index (χ2n) is 8.29. The van der Waals surface area contributed by atoms with Gasteiger partial charge >= 0.3 is 6.03 Å². The number of benzene rings is 3. The number of ether oxygens (including phenoxy) is 3. The summed E-state index contributed by atoms with van der Waals surface area (Å²) in [7, 11) is 0. The standard InChI is InChI=1S/C26H24IN3O6/c27-36-28-25(31)19-6-4-18(5-7-19)16-30(26(32)29-10-12-33-13-11-29)22-3-1-2-20(14-22)21-8-9-23-24(15-21)35-17-34-23/h1-9,14-15H,10-13,16-17H2,(H,28,31). The van der Waals surface area contributed by atoms with Crippen molar-refractivity contribution in [3.05, 3.63) is 77.9 Å². The van der Waals surface area contributed by atoms with E-state index in [9.17, 15) is 9.59 Å². The Kier molecular flexibility index (Phi) is 7.54. The fourth-order valence-electron chi connectivity index (χ4n) is 4.16. The van der Waals surface area contributed by atoms with Crippen LogP contribution in [0.4, 0.5) is 10.5 Å². The minimum absolute atomic E-state index is 0.0960. The number of carbonyl (C=O) groups excluding carboxylic acids is 2. The quantitative estimate of drug-likeness (QED) is 0.330. The number of anilines is 1. The summed E-state index contributed by atoms with van der Waals surface area (Å²) in [5, 5.41) is 0. The second kappa shape index (κ2) is 11.1. The predicted octanol–water partition coefficient (Wildman–Crippen LogP) is 4.55. The van der Waals surface area contributed by atoms with Crippen molar-refractivity contribution in [1.29, 1.82) is 0 Å². The van der Waals surface area contributed by atoms with Crippen LogP contribution in [0.2, 0.25) is 0 Å². The summed E-state index contributed by atoms with van der Waals surface area (Å²) in [5.41, 5.74) is 6.33. The minimum Gasteiger partial charge on any atom is -0.454 e. The molecule has 0 radical (unpaired) electrons. The number of urea groups is 1. The van der Waals surface area contributed by atoms with Crippen molar-refractivity contribution in [2.45, 2.75) is 6.54 Å². The minimum atomic E-state index is -0.339. The van der Waals surface area contributed by atoms with Crippen LogP contribution < -0.4 is 19.9 Å².